The van der Waals surface area contributed by atoms with E-state index in [1.165, 1.54) is 7.11 Å². The molecule has 0 amide bonds. The van der Waals surface area contributed by atoms with Gasteiger partial charge in [0.15, 0.2) is 0 Å². The highest BCUT2D eigenvalue weighted by atomic mass is 79.9. The molecule has 2 unspecified atom stereocenters. The van der Waals surface area contributed by atoms with E-state index < -0.39 is 12.2 Å². The lowest BCUT2D eigenvalue weighted by Gasteiger charge is -2.22. The number of hydrogen-bond acceptors (Lipinski definition) is 5. The van der Waals surface area contributed by atoms with Crippen molar-refractivity contribution >= 4 is 27.9 Å². The molecule has 27 heavy (non-hydrogen) atoms. The number of methoxy groups -OCH3 is 1. The maximum Gasteiger partial charge on any atom is 0.316 e. The minimum absolute atomic E-state index is 0.133. The second-order valence-electron chi connectivity index (χ2n) is 6.81. The molecule has 2 atom stereocenters. The van der Waals surface area contributed by atoms with Gasteiger partial charge in [-0.3, -0.25) is 9.59 Å². The molecule has 0 aliphatic carbocycles. The van der Waals surface area contributed by atoms with Crippen LogP contribution in [0.1, 0.15) is 84.0 Å². The first kappa shape index (κ1) is 26.1. The van der Waals surface area contributed by atoms with Gasteiger partial charge >= 0.3 is 11.9 Å². The number of hydrogen-bond donors (Lipinski definition) is 1. The van der Waals surface area contributed by atoms with Crippen LogP contribution in [0.2, 0.25) is 0 Å². The predicted octanol–water partition coefficient (Wildman–Crippen LogP) is 5.08. The highest BCUT2D eigenvalue weighted by molar-refractivity contribution is 9.09. The summed E-state index contributed by atoms with van der Waals surface area (Å²) in [6.45, 7) is 2.12. The molecule has 0 bridgehead atoms. The Morgan fingerprint density at radius 3 is 2.37 bits per heavy atom. The fourth-order valence-corrected chi connectivity index (χ4v) is 2.93. The first-order chi connectivity index (χ1) is 13.0. The first-order valence-electron chi connectivity index (χ1n) is 10.2. The minimum Gasteiger partial charge on any atom is -0.469 e. The van der Waals surface area contributed by atoms with Crippen molar-refractivity contribution in [3.8, 4) is 0 Å². The number of esters is 2. The monoisotopic (exact) mass is 448 g/mol. The second kappa shape index (κ2) is 18.5. The van der Waals surface area contributed by atoms with E-state index in [1.54, 1.807) is 0 Å². The molecule has 0 aliphatic heterocycles. The molecule has 0 spiro atoms. The zero-order chi connectivity index (χ0) is 20.3. The molecule has 0 saturated carbocycles. The van der Waals surface area contributed by atoms with E-state index in [1.807, 2.05) is 6.08 Å². The molecule has 0 radical (unpaired) electrons. The van der Waals surface area contributed by atoms with Crippen LogP contribution in [-0.2, 0) is 19.1 Å². The maximum atomic E-state index is 11.5. The third-order valence-electron chi connectivity index (χ3n) is 4.44. The van der Waals surface area contributed by atoms with Gasteiger partial charge in [-0.15, -0.1) is 0 Å². The van der Waals surface area contributed by atoms with E-state index in [0.717, 1.165) is 57.8 Å². The minimum atomic E-state index is -0.653. The summed E-state index contributed by atoms with van der Waals surface area (Å²) in [6, 6.07) is 0. The number of rotatable bonds is 17. The molecule has 0 aromatic heterocycles. The van der Waals surface area contributed by atoms with Gasteiger partial charge in [-0.2, -0.15) is 0 Å². The molecule has 0 fully saturated rings. The average molecular weight is 449 g/mol. The first-order valence-corrected chi connectivity index (χ1v) is 11.3. The smallest absolute Gasteiger partial charge is 0.316 e. The lowest BCUT2D eigenvalue weighted by molar-refractivity contribution is -0.152. The number of carbonyl (C=O) groups excluding carboxylic acids is 2. The van der Waals surface area contributed by atoms with E-state index in [4.69, 9.17) is 4.74 Å². The number of ether oxygens (including phenoxy) is 2. The summed E-state index contributed by atoms with van der Waals surface area (Å²) in [5.41, 5.74) is 0. The van der Waals surface area contributed by atoms with Gasteiger partial charge < -0.3 is 14.6 Å². The lowest BCUT2D eigenvalue weighted by atomic mass is 10.0. The van der Waals surface area contributed by atoms with Crippen molar-refractivity contribution in [1.82, 2.24) is 0 Å². The van der Waals surface area contributed by atoms with Crippen molar-refractivity contribution in [2.45, 2.75) is 96.2 Å². The third-order valence-corrected chi connectivity index (χ3v) is 4.89. The molecule has 0 aromatic carbocycles. The molecule has 0 heterocycles. The number of allylic oxidation sites excluding steroid dienone is 1. The van der Waals surface area contributed by atoms with Gasteiger partial charge in [-0.25, -0.2) is 0 Å². The van der Waals surface area contributed by atoms with Crippen LogP contribution < -0.4 is 0 Å². The van der Waals surface area contributed by atoms with Crippen molar-refractivity contribution in [3.63, 3.8) is 0 Å². The number of halogens is 1. The van der Waals surface area contributed by atoms with Gasteiger partial charge in [0.1, 0.15) is 11.4 Å². The van der Waals surface area contributed by atoms with Crippen LogP contribution in [0.15, 0.2) is 12.2 Å². The van der Waals surface area contributed by atoms with Gasteiger partial charge in [0.25, 0.3) is 0 Å². The van der Waals surface area contributed by atoms with Crippen molar-refractivity contribution < 1.29 is 24.2 Å². The molecular weight excluding hydrogens is 412 g/mol. The van der Waals surface area contributed by atoms with Crippen LogP contribution in [0.3, 0.4) is 0 Å². The predicted molar refractivity (Wildman–Crippen MR) is 112 cm³/mol. The molecule has 1 N–H and O–H groups in total. The highest BCUT2D eigenvalue weighted by Gasteiger charge is 2.21. The summed E-state index contributed by atoms with van der Waals surface area (Å²) in [4.78, 5) is 22.5. The Bertz CT molecular complexity index is 411. The molecular formula is C21H37BrO5. The van der Waals surface area contributed by atoms with Crippen LogP contribution in [-0.4, -0.2) is 41.7 Å². The fraction of sp³-hybridized carbons (Fsp3) is 0.810. The molecule has 6 heteroatoms. The summed E-state index contributed by atoms with van der Waals surface area (Å²) in [6.07, 6.45) is 14.1. The SMILES string of the molecule is CCCCCC(OC(=O)CBr)C(O)C/C=C/CCCCCCCC(=O)OC. The number of carbonyl (C=O) groups is 2. The quantitative estimate of drug-likeness (QED) is 0.145. The Labute approximate surface area is 173 Å². The number of alkyl halides is 1. The zero-order valence-electron chi connectivity index (χ0n) is 17.0. The number of aliphatic hydroxyl groups excluding tert-OH is 1. The van der Waals surface area contributed by atoms with E-state index >= 15 is 0 Å². The Morgan fingerprint density at radius 2 is 1.70 bits per heavy atom. The zero-order valence-corrected chi connectivity index (χ0v) is 18.5. The summed E-state index contributed by atoms with van der Waals surface area (Å²) in [5, 5.41) is 10.5. The van der Waals surface area contributed by atoms with Gasteiger partial charge in [-0.1, -0.05) is 67.1 Å². The van der Waals surface area contributed by atoms with Gasteiger partial charge in [0.05, 0.1) is 13.2 Å². The molecule has 0 aliphatic rings. The Balaban J connectivity index is 3.90. The Morgan fingerprint density at radius 1 is 1.00 bits per heavy atom. The highest BCUT2D eigenvalue weighted by Crippen LogP contribution is 2.15. The normalized spacial score (nSPS) is 13.5. The van der Waals surface area contributed by atoms with Crippen LogP contribution in [0.5, 0.6) is 0 Å². The van der Waals surface area contributed by atoms with Gasteiger partial charge in [-0.05, 0) is 38.5 Å². The summed E-state index contributed by atoms with van der Waals surface area (Å²) >= 11 is 3.10. The van der Waals surface area contributed by atoms with E-state index in [2.05, 4.69) is 33.7 Å². The van der Waals surface area contributed by atoms with Gasteiger partial charge in [0.2, 0.25) is 0 Å². The standard InChI is InChI=1S/C21H37BrO5/c1-3-4-11-15-19(27-21(25)17-22)18(23)14-12-9-7-5-6-8-10-13-16-20(24)26-2/h9,12,18-19,23H,3-8,10-11,13-17H2,1-2H3/b12-9+. The fourth-order valence-electron chi connectivity index (χ4n) is 2.79. The van der Waals surface area contributed by atoms with E-state index in [9.17, 15) is 14.7 Å². The van der Waals surface area contributed by atoms with Crippen LogP contribution in [0.25, 0.3) is 0 Å². The summed E-state index contributed by atoms with van der Waals surface area (Å²) in [7, 11) is 1.42. The topological polar surface area (TPSA) is 72.8 Å². The largest absolute Gasteiger partial charge is 0.469 e. The Kier molecular flexibility index (Phi) is 17.9. The van der Waals surface area contributed by atoms with Crippen molar-refractivity contribution in [3.05, 3.63) is 12.2 Å². The van der Waals surface area contributed by atoms with Crippen LogP contribution in [0, 0.1) is 0 Å². The summed E-state index contributed by atoms with van der Waals surface area (Å²) < 4.78 is 9.98. The van der Waals surface area contributed by atoms with Crippen molar-refractivity contribution in [2.24, 2.45) is 0 Å². The van der Waals surface area contributed by atoms with Crippen molar-refractivity contribution in [1.29, 1.82) is 0 Å². The molecule has 5 nitrogen and oxygen atoms in total. The second-order valence-corrected chi connectivity index (χ2v) is 7.38. The number of aliphatic hydroxyl groups is 1. The summed E-state index contributed by atoms with van der Waals surface area (Å²) in [5.74, 6) is -0.460. The van der Waals surface area contributed by atoms with Crippen LogP contribution >= 0.6 is 15.9 Å². The van der Waals surface area contributed by atoms with E-state index in [-0.39, 0.29) is 17.3 Å². The lowest BCUT2D eigenvalue weighted by Crippen LogP contribution is -2.31. The molecule has 0 rings (SSSR count). The maximum absolute atomic E-state index is 11.5. The molecule has 0 saturated heterocycles. The average Bonchev–Trinajstić information content (AvgIpc) is 2.67. The Hall–Kier alpha value is -0.880. The van der Waals surface area contributed by atoms with Gasteiger partial charge in [0, 0.05) is 6.42 Å². The molecule has 158 valence electrons. The number of unbranched alkanes of at least 4 members (excludes halogenated alkanes) is 7. The van der Waals surface area contributed by atoms with Crippen molar-refractivity contribution in [2.75, 3.05) is 12.4 Å². The van der Waals surface area contributed by atoms with E-state index in [0.29, 0.717) is 19.3 Å². The molecule has 0 aromatic rings. The van der Waals surface area contributed by atoms with Crippen LogP contribution in [0.4, 0.5) is 0 Å². The third kappa shape index (κ3) is 15.8.